The minimum Gasteiger partial charge on any atom is -0.491 e. The zero-order chi connectivity index (χ0) is 14.3. The van der Waals surface area contributed by atoms with Gasteiger partial charge in [0.15, 0.2) is 0 Å². The second kappa shape index (κ2) is 7.76. The molecule has 0 bridgehead atoms. The number of hydrogen-bond donors (Lipinski definition) is 3. The minimum absolute atomic E-state index is 0.135. The molecule has 1 aromatic carbocycles. The largest absolute Gasteiger partial charge is 0.491 e. The third kappa shape index (κ3) is 6.22. The lowest BCUT2D eigenvalue weighted by atomic mass is 10.1. The number of para-hydroxylation sites is 1. The summed E-state index contributed by atoms with van der Waals surface area (Å²) in [6.45, 7) is 4.66. The maximum absolute atomic E-state index is 10.9. The molecule has 0 fully saturated rings. The van der Waals surface area contributed by atoms with Gasteiger partial charge in [0.05, 0.1) is 6.42 Å². The van der Waals surface area contributed by atoms with Gasteiger partial charge in [0.2, 0.25) is 5.91 Å². The van der Waals surface area contributed by atoms with Crippen molar-refractivity contribution in [3.05, 3.63) is 29.8 Å². The van der Waals surface area contributed by atoms with Crippen molar-refractivity contribution in [1.82, 2.24) is 5.32 Å². The van der Waals surface area contributed by atoms with Gasteiger partial charge in [-0.1, -0.05) is 32.0 Å². The smallest absolute Gasteiger partial charge is 0.221 e. The molecule has 1 amide bonds. The molecule has 0 spiro atoms. The molecule has 5 heteroatoms. The fourth-order valence-electron chi connectivity index (χ4n) is 1.60. The molecule has 106 valence electrons. The molecule has 0 heterocycles. The lowest BCUT2D eigenvalue weighted by Gasteiger charge is -2.16. The summed E-state index contributed by atoms with van der Waals surface area (Å²) in [5, 5.41) is 12.9. The molecule has 0 aliphatic rings. The average molecular weight is 266 g/mol. The second-order valence-electron chi connectivity index (χ2n) is 4.78. The van der Waals surface area contributed by atoms with Crippen LogP contribution in [-0.2, 0) is 11.2 Å². The highest BCUT2D eigenvalue weighted by atomic mass is 16.5. The van der Waals surface area contributed by atoms with E-state index in [1.165, 1.54) is 0 Å². The van der Waals surface area contributed by atoms with Crippen molar-refractivity contribution >= 4 is 5.91 Å². The van der Waals surface area contributed by atoms with Gasteiger partial charge in [-0.15, -0.1) is 0 Å². The normalized spacial score (nSPS) is 12.4. The van der Waals surface area contributed by atoms with Gasteiger partial charge in [-0.05, 0) is 6.07 Å². The first kappa shape index (κ1) is 15.5. The van der Waals surface area contributed by atoms with Crippen LogP contribution < -0.4 is 15.8 Å². The number of amides is 1. The highest BCUT2D eigenvalue weighted by molar-refractivity contribution is 5.77. The predicted octanol–water partition coefficient (Wildman–Crippen LogP) is 0.452. The number of carbonyl (C=O) groups is 1. The molecular formula is C14H22N2O3. The number of nitrogens with two attached hydrogens (primary N) is 1. The number of aliphatic hydroxyl groups is 1. The van der Waals surface area contributed by atoms with E-state index < -0.39 is 12.0 Å². The number of rotatable bonds is 8. The van der Waals surface area contributed by atoms with E-state index in [0.29, 0.717) is 18.3 Å². The van der Waals surface area contributed by atoms with Gasteiger partial charge in [0.1, 0.15) is 18.5 Å². The number of nitrogens with one attached hydrogen (secondary N) is 1. The lowest BCUT2D eigenvalue weighted by Crippen LogP contribution is -2.35. The monoisotopic (exact) mass is 266 g/mol. The maximum Gasteiger partial charge on any atom is 0.221 e. The number of hydrogen-bond acceptors (Lipinski definition) is 4. The zero-order valence-electron chi connectivity index (χ0n) is 11.4. The fraction of sp³-hybridized carbons (Fsp3) is 0.500. The Morgan fingerprint density at radius 1 is 1.42 bits per heavy atom. The molecule has 0 aromatic heterocycles. The summed E-state index contributed by atoms with van der Waals surface area (Å²) >= 11 is 0. The van der Waals surface area contributed by atoms with Crippen molar-refractivity contribution in [2.24, 2.45) is 5.73 Å². The molecule has 1 aromatic rings. The summed E-state index contributed by atoms with van der Waals surface area (Å²) in [5.41, 5.74) is 5.91. The van der Waals surface area contributed by atoms with Gasteiger partial charge in [-0.2, -0.15) is 0 Å². The molecule has 0 aliphatic carbocycles. The van der Waals surface area contributed by atoms with E-state index in [4.69, 9.17) is 10.5 Å². The quantitative estimate of drug-likeness (QED) is 0.638. The van der Waals surface area contributed by atoms with Crippen LogP contribution >= 0.6 is 0 Å². The first-order valence-electron chi connectivity index (χ1n) is 6.39. The molecule has 0 radical (unpaired) electrons. The lowest BCUT2D eigenvalue weighted by molar-refractivity contribution is -0.117. The fourth-order valence-corrected chi connectivity index (χ4v) is 1.60. The summed E-state index contributed by atoms with van der Waals surface area (Å²) in [5.74, 6) is 0.183. The van der Waals surface area contributed by atoms with E-state index in [0.717, 1.165) is 5.56 Å². The van der Waals surface area contributed by atoms with Gasteiger partial charge in [-0.3, -0.25) is 4.79 Å². The summed E-state index contributed by atoms with van der Waals surface area (Å²) < 4.78 is 5.53. The van der Waals surface area contributed by atoms with Crippen molar-refractivity contribution in [3.63, 3.8) is 0 Å². The number of carbonyl (C=O) groups excluding carboxylic acids is 1. The molecule has 1 unspecified atom stereocenters. The maximum atomic E-state index is 10.9. The molecule has 0 aliphatic heterocycles. The first-order chi connectivity index (χ1) is 8.99. The third-order valence-corrected chi connectivity index (χ3v) is 2.53. The number of ether oxygens (including phenoxy) is 1. The van der Waals surface area contributed by atoms with Gasteiger partial charge in [0.25, 0.3) is 0 Å². The molecule has 1 atom stereocenters. The SMILES string of the molecule is CC(C)NCC(O)COc1ccccc1CC(N)=O. The van der Waals surface area contributed by atoms with E-state index in [1.807, 2.05) is 26.0 Å². The third-order valence-electron chi connectivity index (χ3n) is 2.53. The topological polar surface area (TPSA) is 84.6 Å². The standard InChI is InChI=1S/C14H22N2O3/c1-10(2)16-8-12(17)9-19-13-6-4-3-5-11(13)7-14(15)18/h3-6,10,12,16-17H,7-9H2,1-2H3,(H2,15,18). The Morgan fingerprint density at radius 3 is 2.74 bits per heavy atom. The van der Waals surface area contributed by atoms with E-state index in [2.05, 4.69) is 5.32 Å². The summed E-state index contributed by atoms with van der Waals surface area (Å²) in [6.07, 6.45) is -0.458. The van der Waals surface area contributed by atoms with Crippen molar-refractivity contribution in [1.29, 1.82) is 0 Å². The van der Waals surface area contributed by atoms with Crippen molar-refractivity contribution < 1.29 is 14.6 Å². The van der Waals surface area contributed by atoms with Gasteiger partial charge in [0, 0.05) is 18.2 Å². The Bertz CT molecular complexity index is 407. The minimum atomic E-state index is -0.593. The van der Waals surface area contributed by atoms with Crippen molar-refractivity contribution in [2.45, 2.75) is 32.4 Å². The van der Waals surface area contributed by atoms with Crippen LogP contribution in [0.4, 0.5) is 0 Å². The van der Waals surface area contributed by atoms with Crippen LogP contribution in [0.25, 0.3) is 0 Å². The molecule has 0 saturated carbocycles. The van der Waals surface area contributed by atoms with E-state index in [-0.39, 0.29) is 13.0 Å². The Balaban J connectivity index is 2.50. The van der Waals surface area contributed by atoms with Crippen LogP contribution in [0.1, 0.15) is 19.4 Å². The van der Waals surface area contributed by atoms with Gasteiger partial charge >= 0.3 is 0 Å². The Kier molecular flexibility index (Phi) is 6.32. The molecule has 0 saturated heterocycles. The van der Waals surface area contributed by atoms with Crippen molar-refractivity contribution in [2.75, 3.05) is 13.2 Å². The van der Waals surface area contributed by atoms with Gasteiger partial charge < -0.3 is 20.9 Å². The molecule has 1 rings (SSSR count). The Morgan fingerprint density at radius 2 is 2.11 bits per heavy atom. The number of benzene rings is 1. The second-order valence-corrected chi connectivity index (χ2v) is 4.78. The first-order valence-corrected chi connectivity index (χ1v) is 6.39. The molecular weight excluding hydrogens is 244 g/mol. The van der Waals surface area contributed by atoms with Crippen LogP contribution in [0, 0.1) is 0 Å². The average Bonchev–Trinajstić information content (AvgIpc) is 2.34. The van der Waals surface area contributed by atoms with Crippen LogP contribution in [0.2, 0.25) is 0 Å². The van der Waals surface area contributed by atoms with E-state index in [9.17, 15) is 9.90 Å². The Labute approximate surface area is 113 Å². The van der Waals surface area contributed by atoms with Crippen LogP contribution in [0.3, 0.4) is 0 Å². The Hall–Kier alpha value is -1.59. The molecule has 5 nitrogen and oxygen atoms in total. The summed E-state index contributed by atoms with van der Waals surface area (Å²) in [4.78, 5) is 10.9. The van der Waals surface area contributed by atoms with E-state index in [1.54, 1.807) is 12.1 Å². The number of primary amides is 1. The van der Waals surface area contributed by atoms with Crippen molar-refractivity contribution in [3.8, 4) is 5.75 Å². The molecule has 4 N–H and O–H groups in total. The van der Waals surface area contributed by atoms with E-state index >= 15 is 0 Å². The highest BCUT2D eigenvalue weighted by Crippen LogP contribution is 2.18. The number of aliphatic hydroxyl groups excluding tert-OH is 1. The summed E-state index contributed by atoms with van der Waals surface area (Å²) in [6, 6.07) is 7.51. The van der Waals surface area contributed by atoms with Crippen LogP contribution in [-0.4, -0.2) is 36.3 Å². The highest BCUT2D eigenvalue weighted by Gasteiger charge is 2.09. The van der Waals surface area contributed by atoms with Crippen LogP contribution in [0.15, 0.2) is 24.3 Å². The summed E-state index contributed by atoms with van der Waals surface area (Å²) in [7, 11) is 0. The zero-order valence-corrected chi connectivity index (χ0v) is 11.4. The molecule has 19 heavy (non-hydrogen) atoms. The van der Waals surface area contributed by atoms with Gasteiger partial charge in [-0.25, -0.2) is 0 Å². The predicted molar refractivity (Wildman–Crippen MR) is 74.0 cm³/mol. The van der Waals surface area contributed by atoms with Crippen LogP contribution in [0.5, 0.6) is 5.75 Å².